The van der Waals surface area contributed by atoms with E-state index in [1.165, 1.54) is 25.7 Å². The van der Waals surface area contributed by atoms with Crippen molar-refractivity contribution < 1.29 is 19.2 Å². The molecule has 0 bridgehead atoms. The summed E-state index contributed by atoms with van der Waals surface area (Å²) >= 11 is 0. The van der Waals surface area contributed by atoms with Gasteiger partial charge in [-0.1, -0.05) is 18.0 Å². The molecule has 7 heteroatoms. The maximum atomic E-state index is 11.9. The highest BCUT2D eigenvalue weighted by atomic mass is 16.5. The average molecular weight is 373 g/mol. The lowest BCUT2D eigenvalue weighted by Crippen LogP contribution is -2.36. The lowest BCUT2D eigenvalue weighted by atomic mass is 10.1. The van der Waals surface area contributed by atoms with Crippen molar-refractivity contribution >= 4 is 11.8 Å². The van der Waals surface area contributed by atoms with Crippen molar-refractivity contribution in [3.05, 3.63) is 29.8 Å². The highest BCUT2D eigenvalue weighted by Crippen LogP contribution is 2.32. The number of aromatic carboxylic acids is 1. The first-order valence-electron chi connectivity index (χ1n) is 9.30. The van der Waals surface area contributed by atoms with E-state index in [0.29, 0.717) is 29.7 Å². The predicted molar refractivity (Wildman–Crippen MR) is 104 cm³/mol. The molecule has 0 amide bonds. The van der Waals surface area contributed by atoms with Gasteiger partial charge in [-0.15, -0.1) is 0 Å². The highest BCUT2D eigenvalue weighted by molar-refractivity contribution is 5.99. The van der Waals surface area contributed by atoms with Crippen molar-refractivity contribution in [2.24, 2.45) is 0 Å². The zero-order chi connectivity index (χ0) is 19.4. The van der Waals surface area contributed by atoms with E-state index in [-0.39, 0.29) is 11.3 Å². The number of carbonyl (C=O) groups is 1. The molecule has 1 fully saturated rings. The Labute approximate surface area is 159 Å². The van der Waals surface area contributed by atoms with E-state index in [1.807, 2.05) is 11.9 Å². The molecular weight excluding hydrogens is 346 g/mol. The quantitative estimate of drug-likeness (QED) is 0.760. The summed E-state index contributed by atoms with van der Waals surface area (Å²) in [7, 11) is 5.57. The first-order chi connectivity index (χ1) is 13.0. The summed E-state index contributed by atoms with van der Waals surface area (Å²) in [4.78, 5) is 16.1. The van der Waals surface area contributed by atoms with Gasteiger partial charge in [-0.05, 0) is 44.2 Å². The Balaban J connectivity index is 1.76. The molecule has 1 saturated carbocycles. The van der Waals surface area contributed by atoms with Gasteiger partial charge in [-0.2, -0.15) is 0 Å². The Hall–Kier alpha value is -2.54. The minimum absolute atomic E-state index is 0.0891. The number of hydrogen-bond donors (Lipinski definition) is 1. The van der Waals surface area contributed by atoms with Crippen molar-refractivity contribution in [2.45, 2.75) is 31.7 Å². The lowest BCUT2D eigenvalue weighted by Gasteiger charge is -2.26. The standard InChI is InChI=1S/C20H27N3O4/c1-22(15-6-4-5-7-15)12-13-23(2)19-17(20(24)25)18(27-21-19)14-8-10-16(26-3)11-9-14/h8-11,15H,4-7,12-13H2,1-3H3,(H,24,25). The average Bonchev–Trinajstić information content (AvgIpc) is 3.35. The minimum atomic E-state index is -1.05. The molecular formula is C20H27N3O4. The number of hydrogen-bond acceptors (Lipinski definition) is 6. The van der Waals surface area contributed by atoms with Crippen LogP contribution in [-0.4, -0.2) is 61.5 Å². The molecule has 27 heavy (non-hydrogen) atoms. The third kappa shape index (κ3) is 4.24. The third-order valence-electron chi connectivity index (χ3n) is 5.34. The van der Waals surface area contributed by atoms with Crippen LogP contribution in [0.4, 0.5) is 5.82 Å². The lowest BCUT2D eigenvalue weighted by molar-refractivity contribution is 0.0698. The van der Waals surface area contributed by atoms with Crippen LogP contribution >= 0.6 is 0 Å². The summed E-state index contributed by atoms with van der Waals surface area (Å²) in [6.45, 7) is 1.53. The maximum absolute atomic E-state index is 11.9. The molecule has 0 unspecified atom stereocenters. The molecule has 0 radical (unpaired) electrons. The van der Waals surface area contributed by atoms with Gasteiger partial charge in [-0.3, -0.25) is 0 Å². The van der Waals surface area contributed by atoms with Gasteiger partial charge in [0.15, 0.2) is 17.1 Å². The second-order valence-electron chi connectivity index (χ2n) is 7.08. The molecule has 1 aliphatic rings. The molecule has 146 valence electrons. The van der Waals surface area contributed by atoms with Gasteiger partial charge in [0.1, 0.15) is 5.75 Å². The van der Waals surface area contributed by atoms with Gasteiger partial charge in [-0.25, -0.2) is 4.79 Å². The topological polar surface area (TPSA) is 79.0 Å². The first kappa shape index (κ1) is 19.2. The van der Waals surface area contributed by atoms with Crippen LogP contribution in [0.25, 0.3) is 11.3 Å². The maximum Gasteiger partial charge on any atom is 0.343 e. The number of ether oxygens (including phenoxy) is 1. The fraction of sp³-hybridized carbons (Fsp3) is 0.500. The van der Waals surface area contributed by atoms with Crippen molar-refractivity contribution in [1.29, 1.82) is 0 Å². The number of nitrogens with zero attached hydrogens (tertiary/aromatic N) is 3. The Kier molecular flexibility index (Phi) is 6.01. The van der Waals surface area contributed by atoms with Crippen LogP contribution in [0, 0.1) is 0 Å². The largest absolute Gasteiger partial charge is 0.497 e. The second kappa shape index (κ2) is 8.43. The van der Waals surface area contributed by atoms with E-state index in [2.05, 4.69) is 17.1 Å². The molecule has 1 aromatic carbocycles. The van der Waals surface area contributed by atoms with E-state index < -0.39 is 5.97 Å². The summed E-state index contributed by atoms with van der Waals surface area (Å²) < 4.78 is 10.6. The normalized spacial score (nSPS) is 14.7. The summed E-state index contributed by atoms with van der Waals surface area (Å²) in [5, 5.41) is 13.8. The number of aromatic nitrogens is 1. The minimum Gasteiger partial charge on any atom is -0.497 e. The molecule has 1 N–H and O–H groups in total. The first-order valence-corrected chi connectivity index (χ1v) is 9.30. The van der Waals surface area contributed by atoms with Gasteiger partial charge >= 0.3 is 5.97 Å². The molecule has 1 heterocycles. The number of carboxylic acid groups (broad SMARTS) is 1. The zero-order valence-electron chi connectivity index (χ0n) is 16.1. The van der Waals surface area contributed by atoms with Gasteiger partial charge in [0.2, 0.25) is 0 Å². The number of methoxy groups -OCH3 is 1. The van der Waals surface area contributed by atoms with Crippen molar-refractivity contribution in [3.63, 3.8) is 0 Å². The Morgan fingerprint density at radius 1 is 1.22 bits per heavy atom. The number of anilines is 1. The summed E-state index contributed by atoms with van der Waals surface area (Å²) in [5.74, 6) is 0.264. The van der Waals surface area contributed by atoms with Gasteiger partial charge in [0.05, 0.1) is 7.11 Å². The van der Waals surface area contributed by atoms with Crippen LogP contribution < -0.4 is 9.64 Å². The molecule has 3 rings (SSSR count). The molecule has 0 atom stereocenters. The van der Waals surface area contributed by atoms with E-state index in [1.54, 1.807) is 31.4 Å². The van der Waals surface area contributed by atoms with Crippen LogP contribution in [0.15, 0.2) is 28.8 Å². The zero-order valence-corrected chi connectivity index (χ0v) is 16.1. The van der Waals surface area contributed by atoms with Crippen LogP contribution in [0.2, 0.25) is 0 Å². The summed E-state index contributed by atoms with van der Waals surface area (Å²) in [5.41, 5.74) is 0.745. The van der Waals surface area contributed by atoms with E-state index in [4.69, 9.17) is 9.26 Å². The molecule has 0 saturated heterocycles. The van der Waals surface area contributed by atoms with Gasteiger partial charge in [0, 0.05) is 31.7 Å². The number of rotatable bonds is 8. The van der Waals surface area contributed by atoms with Crippen LogP contribution in [0.5, 0.6) is 5.75 Å². The van der Waals surface area contributed by atoms with Crippen molar-refractivity contribution in [1.82, 2.24) is 10.1 Å². The fourth-order valence-corrected chi connectivity index (χ4v) is 3.62. The number of likely N-dealkylation sites (N-methyl/N-ethyl adjacent to an activating group) is 2. The van der Waals surface area contributed by atoms with E-state index >= 15 is 0 Å². The van der Waals surface area contributed by atoms with Crippen LogP contribution in [-0.2, 0) is 0 Å². The molecule has 0 spiro atoms. The van der Waals surface area contributed by atoms with Crippen LogP contribution in [0.1, 0.15) is 36.0 Å². The van der Waals surface area contributed by atoms with Gasteiger partial charge in [0.25, 0.3) is 0 Å². The SMILES string of the molecule is COc1ccc(-c2onc(N(C)CCN(C)C3CCCC3)c2C(=O)O)cc1. The Morgan fingerprint density at radius 2 is 1.89 bits per heavy atom. The monoisotopic (exact) mass is 373 g/mol. The van der Waals surface area contributed by atoms with Gasteiger partial charge < -0.3 is 24.2 Å². The molecule has 1 aliphatic carbocycles. The summed E-state index contributed by atoms with van der Waals surface area (Å²) in [6, 6.07) is 7.70. The third-order valence-corrected chi connectivity index (χ3v) is 5.34. The molecule has 1 aromatic heterocycles. The van der Waals surface area contributed by atoms with Crippen LogP contribution in [0.3, 0.4) is 0 Å². The number of benzene rings is 1. The molecule has 2 aromatic rings. The second-order valence-corrected chi connectivity index (χ2v) is 7.08. The Morgan fingerprint density at radius 3 is 2.48 bits per heavy atom. The smallest absolute Gasteiger partial charge is 0.343 e. The predicted octanol–water partition coefficient (Wildman–Crippen LogP) is 3.36. The Bertz CT molecular complexity index is 766. The van der Waals surface area contributed by atoms with E-state index in [9.17, 15) is 9.90 Å². The summed E-state index contributed by atoms with van der Waals surface area (Å²) in [6.07, 6.45) is 5.07. The number of carboxylic acids is 1. The van der Waals surface area contributed by atoms with E-state index in [0.717, 1.165) is 6.54 Å². The van der Waals surface area contributed by atoms with Crippen molar-refractivity contribution in [3.8, 4) is 17.1 Å². The molecule has 0 aliphatic heterocycles. The van der Waals surface area contributed by atoms with Crippen molar-refractivity contribution in [2.75, 3.05) is 39.2 Å². The molecule has 7 nitrogen and oxygen atoms in total. The highest BCUT2D eigenvalue weighted by Gasteiger charge is 2.27. The fourth-order valence-electron chi connectivity index (χ4n) is 3.62.